The van der Waals surface area contributed by atoms with Gasteiger partial charge in [0.2, 0.25) is 0 Å². The Bertz CT molecular complexity index is 3340. The monoisotopic (exact) mass is 820 g/mol. The summed E-state index contributed by atoms with van der Waals surface area (Å²) in [7, 11) is 0. The molecule has 0 unspecified atom stereocenters. The van der Waals surface area contributed by atoms with E-state index in [1.807, 2.05) is 36.9 Å². The molecule has 0 aliphatic carbocycles. The summed E-state index contributed by atoms with van der Waals surface area (Å²) in [5.74, 6) is 0. The van der Waals surface area contributed by atoms with Crippen molar-refractivity contribution in [1.82, 2.24) is 14.5 Å². The van der Waals surface area contributed by atoms with Crippen LogP contribution in [-0.4, -0.2) is 14.5 Å². The Labute approximate surface area is 374 Å². The lowest BCUT2D eigenvalue weighted by Gasteiger charge is -2.26. The quantitative estimate of drug-likeness (QED) is 0.145. The van der Waals surface area contributed by atoms with Crippen LogP contribution in [0.1, 0.15) is 11.1 Å². The van der Waals surface area contributed by atoms with Gasteiger partial charge in [-0.25, -0.2) is 0 Å². The fourth-order valence-electron chi connectivity index (χ4n) is 9.26. The average Bonchev–Trinajstić information content (AvgIpc) is 3.69. The van der Waals surface area contributed by atoms with Crippen molar-refractivity contribution < 1.29 is 0 Å². The van der Waals surface area contributed by atoms with E-state index in [2.05, 4.69) is 227 Å². The van der Waals surface area contributed by atoms with Gasteiger partial charge in [0.25, 0.3) is 0 Å². The van der Waals surface area contributed by atoms with E-state index >= 15 is 0 Å². The molecule has 0 N–H and O–H groups in total. The topological polar surface area (TPSA) is 34.0 Å². The number of para-hydroxylation sites is 1. The van der Waals surface area contributed by atoms with E-state index in [9.17, 15) is 0 Å². The highest BCUT2D eigenvalue weighted by atomic mass is 15.1. The van der Waals surface area contributed by atoms with Crippen molar-refractivity contribution >= 4 is 38.9 Å². The minimum atomic E-state index is 1.07. The smallest absolute Gasteiger partial charge is 0.0543 e. The molecule has 0 saturated carbocycles. The lowest BCUT2D eigenvalue weighted by molar-refractivity contribution is 1.17. The predicted molar refractivity (Wildman–Crippen MR) is 268 cm³/mol. The van der Waals surface area contributed by atoms with Gasteiger partial charge in [-0.1, -0.05) is 127 Å². The zero-order valence-corrected chi connectivity index (χ0v) is 35.7. The molecule has 11 rings (SSSR count). The maximum absolute atomic E-state index is 4.34. The number of hydrogen-bond acceptors (Lipinski definition) is 3. The number of rotatable bonds is 9. The zero-order chi connectivity index (χ0) is 43.0. The van der Waals surface area contributed by atoms with Crippen LogP contribution >= 0.6 is 0 Å². The van der Waals surface area contributed by atoms with E-state index in [1.54, 1.807) is 0 Å². The number of pyridine rings is 2. The minimum absolute atomic E-state index is 1.07. The van der Waals surface area contributed by atoms with E-state index in [0.717, 1.165) is 44.9 Å². The van der Waals surface area contributed by atoms with E-state index < -0.39 is 0 Å². The third-order valence-corrected chi connectivity index (χ3v) is 12.5. The van der Waals surface area contributed by atoms with Gasteiger partial charge in [-0.3, -0.25) is 9.97 Å². The number of nitrogens with zero attached hydrogens (tertiary/aromatic N) is 4. The fourth-order valence-corrected chi connectivity index (χ4v) is 9.26. The molecule has 64 heavy (non-hydrogen) atoms. The lowest BCUT2D eigenvalue weighted by atomic mass is 9.94. The largest absolute Gasteiger partial charge is 0.311 e. The summed E-state index contributed by atoms with van der Waals surface area (Å²) in [6.45, 7) is 4.43. The molecule has 0 fully saturated rings. The fraction of sp³-hybridized carbons (Fsp3) is 0.0333. The molecule has 8 aromatic carbocycles. The van der Waals surface area contributed by atoms with Crippen LogP contribution in [0.15, 0.2) is 231 Å². The van der Waals surface area contributed by atoms with Crippen molar-refractivity contribution in [3.05, 3.63) is 242 Å². The van der Waals surface area contributed by atoms with Crippen LogP contribution in [0.25, 0.3) is 83.1 Å². The van der Waals surface area contributed by atoms with Crippen molar-refractivity contribution in [3.63, 3.8) is 0 Å². The number of hydrogen-bond donors (Lipinski definition) is 0. The first-order valence-electron chi connectivity index (χ1n) is 21.8. The van der Waals surface area contributed by atoms with Gasteiger partial charge in [0.05, 0.1) is 16.7 Å². The molecule has 0 aliphatic heterocycles. The molecule has 0 amide bonds. The number of anilines is 3. The van der Waals surface area contributed by atoms with Gasteiger partial charge >= 0.3 is 0 Å². The second-order valence-electron chi connectivity index (χ2n) is 16.4. The van der Waals surface area contributed by atoms with Crippen molar-refractivity contribution in [2.24, 2.45) is 0 Å². The third-order valence-electron chi connectivity index (χ3n) is 12.5. The van der Waals surface area contributed by atoms with Gasteiger partial charge in [-0.2, -0.15) is 0 Å². The van der Waals surface area contributed by atoms with E-state index in [-0.39, 0.29) is 0 Å². The molecular formula is C60H44N4. The molecule has 4 nitrogen and oxygen atoms in total. The zero-order valence-electron chi connectivity index (χ0n) is 35.7. The summed E-state index contributed by atoms with van der Waals surface area (Å²) in [5, 5.41) is 2.48. The normalized spacial score (nSPS) is 11.3. The minimum Gasteiger partial charge on any atom is -0.311 e. The van der Waals surface area contributed by atoms with Crippen LogP contribution in [-0.2, 0) is 0 Å². The highest BCUT2D eigenvalue weighted by molar-refractivity contribution is 6.11. The Morgan fingerprint density at radius 1 is 0.359 bits per heavy atom. The van der Waals surface area contributed by atoms with Crippen LogP contribution in [0.3, 0.4) is 0 Å². The van der Waals surface area contributed by atoms with Crippen LogP contribution in [0.2, 0.25) is 0 Å². The molecule has 304 valence electrons. The molecular weight excluding hydrogens is 777 g/mol. The van der Waals surface area contributed by atoms with Gasteiger partial charge < -0.3 is 9.47 Å². The van der Waals surface area contributed by atoms with Gasteiger partial charge in [-0.15, -0.1) is 0 Å². The van der Waals surface area contributed by atoms with Crippen molar-refractivity contribution in [3.8, 4) is 61.3 Å². The highest BCUT2D eigenvalue weighted by Gasteiger charge is 2.19. The SMILES string of the molecule is Cc1ccccc1-c1c(C)cccc1-n1c2ccccc2c2cc(-c3cccc(-c4ccc(N(c5ccc(-c6cccnc6)cc5)c5ccc(-c6cccnc6)cc5)cc4)c3)ccc21. The summed E-state index contributed by atoms with van der Waals surface area (Å²) in [4.78, 5) is 11.0. The number of fused-ring (bicyclic) bond motifs is 3. The van der Waals surface area contributed by atoms with Gasteiger partial charge in [0.1, 0.15) is 0 Å². The Hall–Kier alpha value is -8.34. The molecule has 0 spiro atoms. The van der Waals surface area contributed by atoms with Gasteiger partial charge in [0.15, 0.2) is 0 Å². The Morgan fingerprint density at radius 2 is 0.844 bits per heavy atom. The highest BCUT2D eigenvalue weighted by Crippen LogP contribution is 2.41. The number of benzene rings is 8. The third kappa shape index (κ3) is 7.11. The first-order valence-corrected chi connectivity index (χ1v) is 21.8. The first-order chi connectivity index (χ1) is 31.6. The van der Waals surface area contributed by atoms with Crippen LogP contribution < -0.4 is 4.90 Å². The van der Waals surface area contributed by atoms with Gasteiger partial charge in [-0.05, 0) is 154 Å². The summed E-state index contributed by atoms with van der Waals surface area (Å²) in [6.07, 6.45) is 7.43. The molecule has 0 aliphatic rings. The molecule has 3 aromatic heterocycles. The van der Waals surface area contributed by atoms with E-state index in [4.69, 9.17) is 0 Å². The summed E-state index contributed by atoms with van der Waals surface area (Å²) >= 11 is 0. The van der Waals surface area contributed by atoms with Crippen molar-refractivity contribution in [2.45, 2.75) is 13.8 Å². The molecule has 3 heterocycles. The molecule has 0 atom stereocenters. The second kappa shape index (κ2) is 16.5. The molecule has 4 heteroatoms. The lowest BCUT2D eigenvalue weighted by Crippen LogP contribution is -2.09. The molecule has 11 aromatic rings. The van der Waals surface area contributed by atoms with Crippen molar-refractivity contribution in [2.75, 3.05) is 4.90 Å². The van der Waals surface area contributed by atoms with Crippen molar-refractivity contribution in [1.29, 1.82) is 0 Å². The standard InChI is InChI=1S/C60H44N4/c1-41-11-3-4-17-54(41)60-42(2)12-7-20-59(60)64-57-19-6-5-18-55(57)56-38-48(27-34-58(56)64)47-14-8-13-46(37-47)43-21-28-51(29-22-43)63(52-30-23-44(24-31-52)49-15-9-35-61-39-49)53-32-25-45(26-33-53)50-16-10-36-62-40-50/h3-40H,1-2H3. The first kappa shape index (κ1) is 38.6. The Kier molecular flexibility index (Phi) is 9.95. The summed E-state index contributed by atoms with van der Waals surface area (Å²) in [6, 6.07) is 74.6. The van der Waals surface area contributed by atoms with Crippen LogP contribution in [0.5, 0.6) is 0 Å². The van der Waals surface area contributed by atoms with E-state index in [1.165, 1.54) is 66.4 Å². The summed E-state index contributed by atoms with van der Waals surface area (Å²) < 4.78 is 2.45. The number of aryl methyl sites for hydroxylation is 2. The van der Waals surface area contributed by atoms with Crippen LogP contribution in [0.4, 0.5) is 17.1 Å². The van der Waals surface area contributed by atoms with Crippen LogP contribution in [0, 0.1) is 13.8 Å². The predicted octanol–water partition coefficient (Wildman–Crippen LogP) is 16.0. The number of aromatic nitrogens is 3. The average molecular weight is 821 g/mol. The Morgan fingerprint density at radius 3 is 1.45 bits per heavy atom. The molecule has 0 saturated heterocycles. The molecule has 0 radical (unpaired) electrons. The molecule has 0 bridgehead atoms. The Balaban J connectivity index is 0.947. The van der Waals surface area contributed by atoms with Gasteiger partial charge in [0, 0.05) is 58.2 Å². The second-order valence-corrected chi connectivity index (χ2v) is 16.4. The maximum atomic E-state index is 4.34. The van der Waals surface area contributed by atoms with E-state index in [0.29, 0.717) is 0 Å². The maximum Gasteiger partial charge on any atom is 0.0543 e. The summed E-state index contributed by atoms with van der Waals surface area (Å²) in [5.41, 5.74) is 21.0.